The lowest BCUT2D eigenvalue weighted by Gasteiger charge is -2.31. The van der Waals surface area contributed by atoms with E-state index in [0.717, 1.165) is 57.8 Å². The minimum Gasteiger partial charge on any atom is -0.477 e. The van der Waals surface area contributed by atoms with E-state index in [1.54, 1.807) is 0 Å². The summed E-state index contributed by atoms with van der Waals surface area (Å²) in [5.74, 6) is -1.53. The van der Waals surface area contributed by atoms with Crippen molar-refractivity contribution < 1.29 is 38.2 Å². The number of nitrogens with zero attached hydrogens (tertiary/aromatic N) is 1. The van der Waals surface area contributed by atoms with Crippen molar-refractivity contribution in [1.29, 1.82) is 0 Å². The number of aliphatic carboxylic acids is 1. The van der Waals surface area contributed by atoms with Gasteiger partial charge in [0, 0.05) is 19.3 Å². The maximum Gasteiger partial charge on any atom is 0.362 e. The van der Waals surface area contributed by atoms with Crippen LogP contribution >= 0.6 is 0 Å². The number of hydrogen-bond acceptors (Lipinski definition) is 6. The molecule has 0 saturated heterocycles. The molecule has 0 saturated carbocycles. The molecule has 0 fully saturated rings. The molecule has 0 radical (unpaired) electrons. The molecule has 1 N–H and O–H groups in total. The molecule has 0 aliphatic rings. The third kappa shape index (κ3) is 43.7. The molecule has 0 heterocycles. The first-order valence-corrected chi connectivity index (χ1v) is 25.6. The predicted octanol–water partition coefficient (Wildman–Crippen LogP) is 14.9. The highest BCUT2D eigenvalue weighted by atomic mass is 16.6. The Morgan fingerprint density at radius 3 is 1.34 bits per heavy atom. The summed E-state index contributed by atoms with van der Waals surface area (Å²) in [4.78, 5) is 37.2. The number of esters is 2. The largest absolute Gasteiger partial charge is 0.477 e. The zero-order chi connectivity index (χ0) is 47.0. The molecular weight excluding hydrogens is 799 g/mol. The molecule has 0 bridgehead atoms. The third-order valence-corrected chi connectivity index (χ3v) is 11.0. The van der Waals surface area contributed by atoms with Crippen LogP contribution in [-0.2, 0) is 28.6 Å². The lowest BCUT2D eigenvalue weighted by atomic mass is 10.1. The molecule has 0 aromatic carbocycles. The first kappa shape index (κ1) is 60.5. The molecule has 0 spiro atoms. The number of unbranched alkanes of at least 4 members (excludes halogenated alkanes) is 18. The zero-order valence-corrected chi connectivity index (χ0v) is 41.7. The number of ether oxygens (including phenoxy) is 3. The van der Waals surface area contributed by atoms with Crippen LogP contribution in [0, 0.1) is 0 Å². The summed E-state index contributed by atoms with van der Waals surface area (Å²) < 4.78 is 17.3. The van der Waals surface area contributed by atoms with Crippen molar-refractivity contribution in [3.05, 3.63) is 85.1 Å². The summed E-state index contributed by atoms with van der Waals surface area (Å²) in [6.45, 7) is 4.63. The number of carbonyl (C=O) groups is 3. The van der Waals surface area contributed by atoms with Crippen molar-refractivity contribution in [2.45, 2.75) is 212 Å². The fourth-order valence-electron chi connectivity index (χ4n) is 7.04. The van der Waals surface area contributed by atoms with Gasteiger partial charge in [-0.05, 0) is 89.9 Å². The van der Waals surface area contributed by atoms with E-state index in [0.29, 0.717) is 19.3 Å². The van der Waals surface area contributed by atoms with Crippen LogP contribution < -0.4 is 0 Å². The van der Waals surface area contributed by atoms with Gasteiger partial charge in [0.25, 0.3) is 0 Å². The van der Waals surface area contributed by atoms with Gasteiger partial charge in [-0.25, -0.2) is 4.79 Å². The van der Waals surface area contributed by atoms with Crippen LogP contribution in [-0.4, -0.2) is 80.6 Å². The fraction of sp³-hybridized carbons (Fsp3) is 0.696. The highest BCUT2D eigenvalue weighted by molar-refractivity contribution is 5.72. The van der Waals surface area contributed by atoms with Crippen molar-refractivity contribution in [2.75, 3.05) is 41.0 Å². The molecule has 0 aliphatic heterocycles. The molecule has 64 heavy (non-hydrogen) atoms. The van der Waals surface area contributed by atoms with Crippen LogP contribution in [0.25, 0.3) is 0 Å². The van der Waals surface area contributed by atoms with E-state index in [1.165, 1.54) is 103 Å². The average Bonchev–Trinajstić information content (AvgIpc) is 3.26. The second-order valence-corrected chi connectivity index (χ2v) is 18.1. The smallest absolute Gasteiger partial charge is 0.362 e. The van der Waals surface area contributed by atoms with Crippen molar-refractivity contribution in [1.82, 2.24) is 0 Å². The van der Waals surface area contributed by atoms with E-state index in [-0.39, 0.29) is 42.7 Å². The number of quaternary nitrogens is 1. The highest BCUT2D eigenvalue weighted by Crippen LogP contribution is 2.14. The van der Waals surface area contributed by atoms with Gasteiger partial charge in [-0.15, -0.1) is 0 Å². The van der Waals surface area contributed by atoms with Crippen molar-refractivity contribution in [3.63, 3.8) is 0 Å². The SMILES string of the molecule is CCCCC/C=C/C=C/CCCCCCCCCCCCC(=O)OCC(COCCC(C(=O)O)[N+](C)(C)C)OC(=O)CCCC/C=C/C/C=C/C/C=C/C/C=C/C/C=C/CCCCC. The third-order valence-electron chi connectivity index (χ3n) is 11.0. The maximum absolute atomic E-state index is 12.8. The first-order chi connectivity index (χ1) is 31.1. The van der Waals surface area contributed by atoms with E-state index >= 15 is 0 Å². The number of rotatable bonds is 45. The Labute approximate surface area is 393 Å². The Kier molecular flexibility index (Phi) is 43.5. The number of carbonyl (C=O) groups excluding carboxylic acids is 2. The molecule has 8 nitrogen and oxygen atoms in total. The van der Waals surface area contributed by atoms with E-state index in [4.69, 9.17) is 14.2 Å². The van der Waals surface area contributed by atoms with Gasteiger partial charge in [-0.1, -0.05) is 176 Å². The first-order valence-electron chi connectivity index (χ1n) is 25.6. The van der Waals surface area contributed by atoms with Crippen LogP contribution in [0.2, 0.25) is 0 Å². The molecule has 8 heteroatoms. The number of carboxylic acid groups (broad SMARTS) is 1. The van der Waals surface area contributed by atoms with E-state index in [2.05, 4.69) is 98.9 Å². The lowest BCUT2D eigenvalue weighted by Crippen LogP contribution is -2.50. The number of hydrogen-bond donors (Lipinski definition) is 1. The van der Waals surface area contributed by atoms with Gasteiger partial charge in [0.05, 0.1) is 34.4 Å². The number of likely N-dealkylation sites (N-methyl/N-ethyl adjacent to an activating group) is 1. The summed E-state index contributed by atoms with van der Waals surface area (Å²) in [5.41, 5.74) is 0. The summed E-state index contributed by atoms with van der Waals surface area (Å²) in [7, 11) is 5.51. The monoisotopic (exact) mass is 895 g/mol. The standard InChI is InChI=1S/C56H95NO7/c1-6-8-10-12-14-16-18-20-22-24-26-27-29-31-33-35-37-39-41-43-45-47-55(59)64-52(50-62-49-48-53(56(60)61)57(3,4)5)51-63-54(58)46-44-42-40-38-36-34-32-30-28-25-23-21-19-17-15-13-11-9-7-2/h14-17,19-22,26-27,31,33,37,39,52-53H,6-13,18,23-25,28-30,32,34-36,38,40-51H2,1-5H3/p+1/b16-14+,17-15+,21-19+,22-20+,27-26+,33-31+,39-37+. The molecule has 0 aliphatic carbocycles. The Balaban J connectivity index is 4.36. The average molecular weight is 895 g/mol. The van der Waals surface area contributed by atoms with Crippen LogP contribution in [0.3, 0.4) is 0 Å². The van der Waals surface area contributed by atoms with Crippen LogP contribution in [0.5, 0.6) is 0 Å². The van der Waals surface area contributed by atoms with Crippen LogP contribution in [0.15, 0.2) is 85.1 Å². The summed E-state index contributed by atoms with van der Waals surface area (Å²) in [5, 5.41) is 9.65. The number of carboxylic acids is 1. The minimum absolute atomic E-state index is 0.0383. The van der Waals surface area contributed by atoms with Gasteiger partial charge in [0.15, 0.2) is 12.1 Å². The van der Waals surface area contributed by atoms with Gasteiger partial charge in [-0.3, -0.25) is 9.59 Å². The topological polar surface area (TPSA) is 99.1 Å². The van der Waals surface area contributed by atoms with Gasteiger partial charge < -0.3 is 23.8 Å². The highest BCUT2D eigenvalue weighted by Gasteiger charge is 2.31. The zero-order valence-electron chi connectivity index (χ0n) is 41.7. The molecule has 2 atom stereocenters. The van der Waals surface area contributed by atoms with Crippen molar-refractivity contribution in [2.24, 2.45) is 0 Å². The van der Waals surface area contributed by atoms with E-state index in [1.807, 2.05) is 21.1 Å². The summed E-state index contributed by atoms with van der Waals surface area (Å²) in [6, 6.07) is -0.628. The van der Waals surface area contributed by atoms with Gasteiger partial charge >= 0.3 is 17.9 Å². The van der Waals surface area contributed by atoms with E-state index in [9.17, 15) is 19.5 Å². The predicted molar refractivity (Wildman–Crippen MR) is 270 cm³/mol. The Morgan fingerprint density at radius 2 is 0.875 bits per heavy atom. The fourth-order valence-corrected chi connectivity index (χ4v) is 7.04. The molecule has 366 valence electrons. The number of allylic oxidation sites excluding steroid dienone is 14. The second-order valence-electron chi connectivity index (χ2n) is 18.1. The maximum atomic E-state index is 12.8. The molecule has 2 unspecified atom stereocenters. The molecular formula is C56H96NO7+. The van der Waals surface area contributed by atoms with Crippen molar-refractivity contribution in [3.8, 4) is 0 Å². The summed E-state index contributed by atoms with van der Waals surface area (Å²) in [6.07, 6.45) is 60.6. The Bertz CT molecular complexity index is 1320. The van der Waals surface area contributed by atoms with Crippen LogP contribution in [0.1, 0.15) is 200 Å². The Hall–Kier alpha value is -3.49. The summed E-state index contributed by atoms with van der Waals surface area (Å²) >= 11 is 0. The quantitative estimate of drug-likeness (QED) is 0.0214. The van der Waals surface area contributed by atoms with Gasteiger partial charge in [0.1, 0.15) is 6.61 Å². The normalized spacial score (nSPS) is 13.6. The van der Waals surface area contributed by atoms with Gasteiger partial charge in [-0.2, -0.15) is 0 Å². The molecule has 0 aromatic heterocycles. The minimum atomic E-state index is -0.885. The van der Waals surface area contributed by atoms with Crippen LogP contribution in [0.4, 0.5) is 0 Å². The van der Waals surface area contributed by atoms with E-state index < -0.39 is 18.1 Å². The lowest BCUT2D eigenvalue weighted by molar-refractivity contribution is -0.887. The van der Waals surface area contributed by atoms with Gasteiger partial charge in [0.2, 0.25) is 0 Å². The van der Waals surface area contributed by atoms with Crippen molar-refractivity contribution >= 4 is 17.9 Å². The molecule has 0 rings (SSSR count). The Morgan fingerprint density at radius 1 is 0.484 bits per heavy atom. The molecule has 0 aromatic rings. The second kappa shape index (κ2) is 46.1. The molecule has 0 amide bonds.